The zero-order valence-electron chi connectivity index (χ0n) is 8.38. The molecule has 0 fully saturated rings. The number of rotatable bonds is 3. The Kier molecular flexibility index (Phi) is 3.77. The molecule has 0 amide bonds. The van der Waals surface area contributed by atoms with E-state index in [1.807, 2.05) is 43.3 Å². The molecular weight excluding hydrogens is 194 g/mol. The van der Waals surface area contributed by atoms with Gasteiger partial charge in [-0.1, -0.05) is 18.2 Å². The van der Waals surface area contributed by atoms with E-state index in [4.69, 9.17) is 0 Å². The Hall–Kier alpha value is -1.22. The average molecular weight is 208 g/mol. The second kappa shape index (κ2) is 4.86. The highest BCUT2D eigenvalue weighted by atomic mass is 32.2. The molecule has 0 saturated carbocycles. The maximum absolute atomic E-state index is 12.2. The smallest absolute Gasteiger partial charge is 0.0364 e. The van der Waals surface area contributed by atoms with Crippen molar-refractivity contribution >= 4 is 9.73 Å². The fraction of sp³-hybridized carbons (Fsp3) is 0.182. The Morgan fingerprint density at radius 2 is 2.00 bits per heavy atom. The van der Waals surface area contributed by atoms with Gasteiger partial charge in [-0.3, -0.25) is 4.21 Å². The molecule has 76 valence electrons. The molecular formula is C11H14NOS-. The molecule has 0 aliphatic carbocycles. The van der Waals surface area contributed by atoms with Gasteiger partial charge < -0.3 is 0 Å². The topological polar surface area (TPSA) is 29.4 Å². The summed E-state index contributed by atoms with van der Waals surface area (Å²) in [7, 11) is -0.776. The maximum Gasteiger partial charge on any atom is 0.0364 e. The summed E-state index contributed by atoms with van der Waals surface area (Å²) in [6.07, 6.45) is 3.61. The summed E-state index contributed by atoms with van der Waals surface area (Å²) >= 11 is 0. The summed E-state index contributed by atoms with van der Waals surface area (Å²) in [5, 5.41) is 0. The summed E-state index contributed by atoms with van der Waals surface area (Å²) in [5.41, 5.74) is 0. The molecule has 0 heterocycles. The highest BCUT2D eigenvalue weighted by Gasteiger charge is 2.02. The minimum atomic E-state index is -2.35. The number of nitrogens with zero attached hydrogens (tertiary/aromatic N) is 1. The van der Waals surface area contributed by atoms with E-state index in [0.717, 1.165) is 4.90 Å². The van der Waals surface area contributed by atoms with Crippen LogP contribution >= 0.6 is 0 Å². The Morgan fingerprint density at radius 3 is 2.50 bits per heavy atom. The second-order valence-corrected chi connectivity index (χ2v) is 4.97. The van der Waals surface area contributed by atoms with Crippen molar-refractivity contribution in [2.45, 2.75) is 11.8 Å². The van der Waals surface area contributed by atoms with Crippen LogP contribution in [0.25, 0.3) is 0 Å². The van der Waals surface area contributed by atoms with Crippen LogP contribution in [0.5, 0.6) is 0 Å². The summed E-state index contributed by atoms with van der Waals surface area (Å²) in [5.74, 6) is 1.64. The van der Waals surface area contributed by atoms with Crippen LogP contribution in [0.4, 0.5) is 0 Å². The monoisotopic (exact) mass is 208 g/mol. The first kappa shape index (κ1) is 10.9. The number of hydrogen-bond donors (Lipinski definition) is 0. The van der Waals surface area contributed by atoms with E-state index >= 15 is 0 Å². The van der Waals surface area contributed by atoms with Crippen molar-refractivity contribution in [2.75, 3.05) is 7.05 Å². The molecule has 1 atom stereocenters. The van der Waals surface area contributed by atoms with Crippen molar-refractivity contribution in [3.05, 3.63) is 48.2 Å². The average Bonchev–Trinajstić information content (AvgIpc) is 2.27. The summed E-state index contributed by atoms with van der Waals surface area (Å²) < 4.78 is 16.2. The number of benzene rings is 1. The van der Waals surface area contributed by atoms with Crippen molar-refractivity contribution in [1.82, 2.24) is 0 Å². The molecule has 0 saturated heterocycles. The van der Waals surface area contributed by atoms with Gasteiger partial charge >= 0.3 is 0 Å². The third kappa shape index (κ3) is 2.39. The molecule has 0 bridgehead atoms. The molecule has 0 aliphatic heterocycles. The fourth-order valence-electron chi connectivity index (χ4n) is 1.05. The minimum absolute atomic E-state index is 0.751. The van der Waals surface area contributed by atoms with Gasteiger partial charge in [0.15, 0.2) is 0 Å². The van der Waals surface area contributed by atoms with Gasteiger partial charge in [-0.25, -0.2) is 16.5 Å². The highest BCUT2D eigenvalue weighted by Crippen LogP contribution is 2.16. The first-order valence-corrected chi connectivity index (χ1v) is 5.97. The van der Waals surface area contributed by atoms with E-state index in [1.54, 1.807) is 18.9 Å². The first-order valence-electron chi connectivity index (χ1n) is 4.39. The molecule has 1 aromatic carbocycles. The van der Waals surface area contributed by atoms with Crippen molar-refractivity contribution in [2.24, 2.45) is 4.36 Å². The fourth-order valence-corrected chi connectivity index (χ4v) is 2.45. The number of hydrogen-bond acceptors (Lipinski definition) is 2. The van der Waals surface area contributed by atoms with Gasteiger partial charge in [-0.05, 0) is 12.1 Å². The molecule has 0 radical (unpaired) electrons. The third-order valence-corrected chi connectivity index (χ3v) is 3.82. The predicted molar refractivity (Wildman–Crippen MR) is 60.3 cm³/mol. The maximum atomic E-state index is 12.2. The summed E-state index contributed by atoms with van der Waals surface area (Å²) in [6.45, 7) is 1.89. The lowest BCUT2D eigenvalue weighted by molar-refractivity contribution is 0.680. The van der Waals surface area contributed by atoms with Crippen LogP contribution in [0.15, 0.2) is 51.7 Å². The standard InChI is InChI=1S/C11H14NOS/c1-3-4-10-14(13,12-2)11-8-6-5-7-9-11/h3-10H,1-2H3/q-1/b4-3+. The van der Waals surface area contributed by atoms with E-state index < -0.39 is 9.73 Å². The molecule has 0 spiro atoms. The van der Waals surface area contributed by atoms with Gasteiger partial charge in [0.1, 0.15) is 0 Å². The lowest BCUT2D eigenvalue weighted by atomic mass is 10.4. The normalized spacial score (nSPS) is 15.0. The van der Waals surface area contributed by atoms with Crippen molar-refractivity contribution in [3.8, 4) is 0 Å². The van der Waals surface area contributed by atoms with E-state index in [2.05, 4.69) is 4.36 Å². The Bertz CT molecular complexity index is 414. The molecule has 0 aromatic heterocycles. The van der Waals surface area contributed by atoms with Crippen LogP contribution in [-0.4, -0.2) is 11.3 Å². The number of allylic oxidation sites excluding steroid dienone is 1. The molecule has 1 aromatic rings. The lowest BCUT2D eigenvalue weighted by Gasteiger charge is -2.11. The second-order valence-electron chi connectivity index (χ2n) is 2.73. The summed E-state index contributed by atoms with van der Waals surface area (Å²) in [6, 6.07) is 9.28. The zero-order valence-corrected chi connectivity index (χ0v) is 9.20. The van der Waals surface area contributed by atoms with Crippen LogP contribution in [0.1, 0.15) is 6.92 Å². The Labute approximate surface area is 85.8 Å². The van der Waals surface area contributed by atoms with E-state index in [0.29, 0.717) is 0 Å². The highest BCUT2D eigenvalue weighted by molar-refractivity contribution is 7.95. The summed E-state index contributed by atoms with van der Waals surface area (Å²) in [4.78, 5) is 0.751. The zero-order chi connectivity index (χ0) is 10.4. The quantitative estimate of drug-likeness (QED) is 0.702. The van der Waals surface area contributed by atoms with Crippen LogP contribution in [0, 0.1) is 5.75 Å². The molecule has 14 heavy (non-hydrogen) atoms. The van der Waals surface area contributed by atoms with E-state index in [9.17, 15) is 4.21 Å². The van der Waals surface area contributed by atoms with Crippen LogP contribution in [0.3, 0.4) is 0 Å². The van der Waals surface area contributed by atoms with Gasteiger partial charge in [0, 0.05) is 21.7 Å². The Balaban J connectivity index is 3.11. The van der Waals surface area contributed by atoms with Crippen LogP contribution < -0.4 is 0 Å². The molecule has 1 unspecified atom stereocenters. The van der Waals surface area contributed by atoms with Gasteiger partial charge in [0.05, 0.1) is 0 Å². The van der Waals surface area contributed by atoms with E-state index in [1.165, 1.54) is 0 Å². The third-order valence-electron chi connectivity index (χ3n) is 1.81. The first-order chi connectivity index (χ1) is 6.73. The Morgan fingerprint density at radius 1 is 1.36 bits per heavy atom. The van der Waals surface area contributed by atoms with Gasteiger partial charge in [0.2, 0.25) is 0 Å². The predicted octanol–water partition coefficient (Wildman–Crippen LogP) is 2.88. The molecule has 0 aliphatic rings. The van der Waals surface area contributed by atoms with E-state index in [-0.39, 0.29) is 0 Å². The molecule has 2 nitrogen and oxygen atoms in total. The van der Waals surface area contributed by atoms with Crippen LogP contribution in [-0.2, 0) is 9.73 Å². The van der Waals surface area contributed by atoms with Crippen molar-refractivity contribution in [1.29, 1.82) is 0 Å². The van der Waals surface area contributed by atoms with Gasteiger partial charge in [-0.15, -0.1) is 12.7 Å². The molecule has 3 heteroatoms. The van der Waals surface area contributed by atoms with Gasteiger partial charge in [0.25, 0.3) is 0 Å². The van der Waals surface area contributed by atoms with Crippen molar-refractivity contribution < 1.29 is 4.21 Å². The van der Waals surface area contributed by atoms with Crippen molar-refractivity contribution in [3.63, 3.8) is 0 Å². The lowest BCUT2D eigenvalue weighted by Crippen LogP contribution is -1.99. The van der Waals surface area contributed by atoms with Gasteiger partial charge in [-0.2, -0.15) is 0 Å². The molecule has 0 N–H and O–H groups in total. The SMILES string of the molecule is C/C=C/[CH-]S(=O)(=NC)c1ccccc1. The van der Waals surface area contributed by atoms with Crippen LogP contribution in [0.2, 0.25) is 0 Å². The largest absolute Gasteiger partial charge is 0.259 e. The molecule has 1 rings (SSSR count). The minimum Gasteiger partial charge on any atom is -0.259 e.